The van der Waals surface area contributed by atoms with E-state index in [-0.39, 0.29) is 16.6 Å². The maximum Gasteiger partial charge on any atom is 0.336 e. The average molecular weight is 409 g/mol. The summed E-state index contributed by atoms with van der Waals surface area (Å²) < 4.78 is 3.69. The van der Waals surface area contributed by atoms with Crippen molar-refractivity contribution in [1.29, 1.82) is 0 Å². The molecule has 4 aromatic rings. The molecule has 0 aliphatic rings. The molecule has 0 saturated carbocycles. The van der Waals surface area contributed by atoms with Crippen LogP contribution in [-0.2, 0) is 14.1 Å². The third kappa shape index (κ3) is 3.15. The molecule has 0 aliphatic heterocycles. The number of hydrogen-bond acceptors (Lipinski definition) is 4. The van der Waals surface area contributed by atoms with Crippen molar-refractivity contribution >= 4 is 34.0 Å². The lowest BCUT2D eigenvalue weighted by molar-refractivity contribution is 0.732. The zero-order valence-electron chi connectivity index (χ0n) is 15.7. The van der Waals surface area contributed by atoms with Gasteiger partial charge < -0.3 is 5.32 Å². The molecule has 0 aliphatic carbocycles. The van der Waals surface area contributed by atoms with Crippen molar-refractivity contribution in [3.05, 3.63) is 96.9 Å². The van der Waals surface area contributed by atoms with Crippen LogP contribution in [-0.4, -0.2) is 13.7 Å². The minimum absolute atomic E-state index is 0.230. The Hall–Kier alpha value is -3.58. The molecule has 0 unspecified atom stereocenters. The number of hydrogen-bond donors (Lipinski definition) is 1. The highest BCUT2D eigenvalue weighted by Gasteiger charge is 2.19. The Kier molecular flexibility index (Phi) is 4.60. The van der Waals surface area contributed by atoms with Crippen LogP contribution in [0.5, 0.6) is 0 Å². The van der Waals surface area contributed by atoms with Gasteiger partial charge in [0.25, 0.3) is 11.1 Å². The number of anilines is 2. The summed E-state index contributed by atoms with van der Waals surface area (Å²) in [5, 5.41) is 3.91. The largest absolute Gasteiger partial charge is 0.355 e. The number of nitrogens with one attached hydrogen (secondary N) is 1. The first kappa shape index (κ1) is 18.8. The highest BCUT2D eigenvalue weighted by atomic mass is 35.5. The molecular weight excluding hydrogens is 392 g/mol. The second-order valence-corrected chi connectivity index (χ2v) is 7.04. The molecule has 8 heteroatoms. The lowest BCUT2D eigenvalue weighted by Gasteiger charge is -2.16. The maximum atomic E-state index is 13.4. The Morgan fingerprint density at radius 1 is 0.862 bits per heavy atom. The van der Waals surface area contributed by atoms with E-state index in [2.05, 4.69) is 5.32 Å². The van der Waals surface area contributed by atoms with Crippen molar-refractivity contribution in [3.8, 4) is 5.69 Å². The van der Waals surface area contributed by atoms with E-state index in [0.717, 1.165) is 4.57 Å². The van der Waals surface area contributed by atoms with Gasteiger partial charge in [-0.1, -0.05) is 29.8 Å². The minimum atomic E-state index is -0.535. The van der Waals surface area contributed by atoms with Crippen molar-refractivity contribution in [2.75, 3.05) is 5.32 Å². The Labute approximate surface area is 170 Å². The van der Waals surface area contributed by atoms with Crippen LogP contribution < -0.4 is 22.1 Å². The standard InChI is InChI=1S/C21H17ClN4O3/c1-24-17(27)12-16(23-14-10-8-13(22)9-11-14)18-19(24)25(2)21(29)26(20(18)28)15-6-4-3-5-7-15/h3-12,23H,1-2H3. The summed E-state index contributed by atoms with van der Waals surface area (Å²) in [6.07, 6.45) is 0. The SMILES string of the molecule is Cn1c(=O)cc(Nc2ccc(Cl)cc2)c2c(=O)n(-c3ccccc3)c(=O)n(C)c21. The topological polar surface area (TPSA) is 78.0 Å². The van der Waals surface area contributed by atoms with Gasteiger partial charge in [-0.25, -0.2) is 9.36 Å². The van der Waals surface area contributed by atoms with Gasteiger partial charge in [0.1, 0.15) is 11.0 Å². The third-order valence-corrected chi connectivity index (χ3v) is 5.01. The Balaban J connectivity index is 2.09. The van der Waals surface area contributed by atoms with E-state index >= 15 is 0 Å². The van der Waals surface area contributed by atoms with Crippen LogP contribution in [0.2, 0.25) is 5.02 Å². The summed E-state index contributed by atoms with van der Waals surface area (Å²) in [6, 6.07) is 16.9. The highest BCUT2D eigenvalue weighted by molar-refractivity contribution is 6.30. The molecule has 146 valence electrons. The molecule has 0 fully saturated rings. The van der Waals surface area contributed by atoms with Crippen molar-refractivity contribution in [2.45, 2.75) is 0 Å². The summed E-state index contributed by atoms with van der Waals surface area (Å²) in [5.41, 5.74) is 0.260. The Morgan fingerprint density at radius 2 is 1.52 bits per heavy atom. The molecular formula is C21H17ClN4O3. The lowest BCUT2D eigenvalue weighted by atomic mass is 10.2. The van der Waals surface area contributed by atoms with Crippen LogP contribution in [0.3, 0.4) is 0 Å². The molecule has 0 spiro atoms. The fourth-order valence-corrected chi connectivity index (χ4v) is 3.45. The number of aromatic nitrogens is 3. The average Bonchev–Trinajstić information content (AvgIpc) is 2.71. The Bertz CT molecular complexity index is 1400. The first-order chi connectivity index (χ1) is 13.9. The van der Waals surface area contributed by atoms with E-state index in [9.17, 15) is 14.4 Å². The smallest absolute Gasteiger partial charge is 0.336 e. The molecule has 2 heterocycles. The second kappa shape index (κ2) is 7.10. The van der Waals surface area contributed by atoms with E-state index in [4.69, 9.17) is 11.6 Å². The van der Waals surface area contributed by atoms with Crippen molar-refractivity contribution in [3.63, 3.8) is 0 Å². The molecule has 29 heavy (non-hydrogen) atoms. The fraction of sp³-hybridized carbons (Fsp3) is 0.0952. The summed E-state index contributed by atoms with van der Waals surface area (Å²) in [6.45, 7) is 0. The van der Waals surface area contributed by atoms with Gasteiger partial charge in [0.15, 0.2) is 0 Å². The predicted octanol–water partition coefficient (Wildman–Crippen LogP) is 2.79. The third-order valence-electron chi connectivity index (χ3n) is 4.76. The molecule has 4 rings (SSSR count). The van der Waals surface area contributed by atoms with Crippen LogP contribution in [0.15, 0.2) is 75.0 Å². The number of halogens is 1. The first-order valence-corrected chi connectivity index (χ1v) is 9.20. The molecule has 2 aromatic heterocycles. The number of aryl methyl sites for hydroxylation is 2. The molecule has 0 atom stereocenters. The van der Waals surface area contributed by atoms with E-state index in [1.54, 1.807) is 54.6 Å². The van der Waals surface area contributed by atoms with Gasteiger partial charge in [0.2, 0.25) is 0 Å². The number of nitrogens with zero attached hydrogens (tertiary/aromatic N) is 3. The quantitative estimate of drug-likeness (QED) is 0.565. The van der Waals surface area contributed by atoms with Gasteiger partial charge in [-0.2, -0.15) is 0 Å². The van der Waals surface area contributed by atoms with Gasteiger partial charge in [-0.05, 0) is 36.4 Å². The van der Waals surface area contributed by atoms with Crippen molar-refractivity contribution in [2.24, 2.45) is 14.1 Å². The van der Waals surface area contributed by atoms with Gasteiger partial charge in [0.05, 0.1) is 11.4 Å². The van der Waals surface area contributed by atoms with Gasteiger partial charge in [-0.15, -0.1) is 0 Å². The predicted molar refractivity (Wildman–Crippen MR) is 115 cm³/mol. The normalized spacial score (nSPS) is 11.0. The fourth-order valence-electron chi connectivity index (χ4n) is 3.32. The molecule has 0 amide bonds. The van der Waals surface area contributed by atoms with Crippen molar-refractivity contribution < 1.29 is 0 Å². The molecule has 0 bridgehead atoms. The summed E-state index contributed by atoms with van der Waals surface area (Å²) >= 11 is 5.94. The van der Waals surface area contributed by atoms with Crippen LogP contribution in [0.1, 0.15) is 0 Å². The van der Waals surface area contributed by atoms with Crippen LogP contribution >= 0.6 is 11.6 Å². The first-order valence-electron chi connectivity index (χ1n) is 8.82. The molecule has 0 radical (unpaired) electrons. The number of fused-ring (bicyclic) bond motifs is 1. The van der Waals surface area contributed by atoms with Crippen molar-refractivity contribution in [1.82, 2.24) is 13.7 Å². The van der Waals surface area contributed by atoms with Crippen LogP contribution in [0.25, 0.3) is 16.7 Å². The summed E-state index contributed by atoms with van der Waals surface area (Å²) in [7, 11) is 3.07. The number of benzene rings is 2. The van der Waals surface area contributed by atoms with Crippen LogP contribution in [0.4, 0.5) is 11.4 Å². The molecule has 2 aromatic carbocycles. The van der Waals surface area contributed by atoms with Gasteiger partial charge >= 0.3 is 5.69 Å². The van der Waals surface area contributed by atoms with Gasteiger partial charge in [0, 0.05) is 30.9 Å². The molecule has 7 nitrogen and oxygen atoms in total. The zero-order chi connectivity index (χ0) is 20.7. The number of para-hydroxylation sites is 1. The number of pyridine rings is 1. The maximum absolute atomic E-state index is 13.4. The van der Waals surface area contributed by atoms with Crippen LogP contribution in [0, 0.1) is 0 Å². The minimum Gasteiger partial charge on any atom is -0.355 e. The Morgan fingerprint density at radius 3 is 2.17 bits per heavy atom. The second-order valence-electron chi connectivity index (χ2n) is 6.60. The number of rotatable bonds is 3. The zero-order valence-corrected chi connectivity index (χ0v) is 16.5. The summed E-state index contributed by atoms with van der Waals surface area (Å²) in [5.74, 6) is 0. The van der Waals surface area contributed by atoms with E-state index in [1.165, 1.54) is 29.3 Å². The monoisotopic (exact) mass is 408 g/mol. The van der Waals surface area contributed by atoms with E-state index in [1.807, 2.05) is 0 Å². The van der Waals surface area contributed by atoms with E-state index in [0.29, 0.717) is 22.1 Å². The highest BCUT2D eigenvalue weighted by Crippen LogP contribution is 2.23. The molecule has 1 N–H and O–H groups in total. The van der Waals surface area contributed by atoms with E-state index < -0.39 is 11.2 Å². The summed E-state index contributed by atoms with van der Waals surface area (Å²) in [4.78, 5) is 38.9. The molecule has 0 saturated heterocycles. The lowest BCUT2D eigenvalue weighted by Crippen LogP contribution is -2.40. The van der Waals surface area contributed by atoms with Gasteiger partial charge in [-0.3, -0.25) is 18.7 Å².